The molecule has 1 saturated heterocycles. The Hall–Kier alpha value is -1.90. The van der Waals surface area contributed by atoms with Crippen molar-refractivity contribution < 1.29 is 27.9 Å². The zero-order chi connectivity index (χ0) is 31.1. The Morgan fingerprint density at radius 1 is 1.24 bits per heavy atom. The molecule has 41 heavy (non-hydrogen) atoms. The Morgan fingerprint density at radius 3 is 2.41 bits per heavy atom. The van der Waals surface area contributed by atoms with E-state index in [0.717, 1.165) is 0 Å². The van der Waals surface area contributed by atoms with Crippen LogP contribution in [-0.4, -0.2) is 96.8 Å². The van der Waals surface area contributed by atoms with Crippen molar-refractivity contribution in [3.05, 3.63) is 44.0 Å². The SMILES string of the molecule is [C-]#[N+]CCOP(O[C@H]1[C@@H](OCC(=O)NC)[C@H](n2cc(C)c(=O)[nH]c2=O)O[C@@H]1[C@@H](C)CP(C)(C)=O)N(C(C)C)C(C)C. The molecular formula is C26H45N5O8P2. The number of aryl methyl sites for hydroxylation is 1. The van der Waals surface area contributed by atoms with Gasteiger partial charge in [-0.3, -0.25) is 19.1 Å². The molecular weight excluding hydrogens is 572 g/mol. The highest BCUT2D eigenvalue weighted by atomic mass is 31.2. The van der Waals surface area contributed by atoms with Gasteiger partial charge in [-0.15, -0.1) is 0 Å². The number of likely N-dealkylation sites (N-methyl/N-ethyl adjacent to an activating group) is 1. The molecule has 0 spiro atoms. The summed E-state index contributed by atoms with van der Waals surface area (Å²) in [6, 6.07) is 0.0356. The molecule has 1 fully saturated rings. The van der Waals surface area contributed by atoms with Gasteiger partial charge in [-0.1, -0.05) is 6.92 Å². The van der Waals surface area contributed by atoms with Crippen LogP contribution in [0.1, 0.15) is 46.4 Å². The summed E-state index contributed by atoms with van der Waals surface area (Å²) in [6.45, 7) is 22.0. The number of nitrogens with one attached hydrogen (secondary N) is 2. The fourth-order valence-electron chi connectivity index (χ4n) is 4.85. The molecule has 2 rings (SSSR count). The Labute approximate surface area is 243 Å². The van der Waals surface area contributed by atoms with Gasteiger partial charge in [0.05, 0.1) is 13.2 Å². The first-order valence-electron chi connectivity index (χ1n) is 13.7. The lowest BCUT2D eigenvalue weighted by Gasteiger charge is -2.38. The second-order valence-electron chi connectivity index (χ2n) is 11.2. The van der Waals surface area contributed by atoms with Gasteiger partial charge in [0.1, 0.15) is 25.4 Å². The number of aromatic amines is 1. The number of carbonyl (C=O) groups excluding carboxylic acids is 1. The number of amides is 1. The molecule has 1 aromatic rings. The van der Waals surface area contributed by atoms with Crippen molar-refractivity contribution in [1.29, 1.82) is 0 Å². The van der Waals surface area contributed by atoms with Crippen LogP contribution in [0.2, 0.25) is 0 Å². The highest BCUT2D eigenvalue weighted by Gasteiger charge is 2.52. The van der Waals surface area contributed by atoms with Crippen LogP contribution in [0, 0.1) is 19.4 Å². The Bertz CT molecular complexity index is 1220. The zero-order valence-corrected chi connectivity index (χ0v) is 27.2. The van der Waals surface area contributed by atoms with E-state index in [1.807, 2.05) is 34.6 Å². The smallest absolute Gasteiger partial charge is 0.330 e. The van der Waals surface area contributed by atoms with E-state index in [4.69, 9.17) is 25.1 Å². The van der Waals surface area contributed by atoms with Crippen LogP contribution in [0.4, 0.5) is 0 Å². The summed E-state index contributed by atoms with van der Waals surface area (Å²) >= 11 is 0. The minimum absolute atomic E-state index is 0.0178. The third-order valence-corrected chi connectivity index (χ3v) is 10.1. The monoisotopic (exact) mass is 617 g/mol. The van der Waals surface area contributed by atoms with Gasteiger partial charge < -0.3 is 33.2 Å². The maximum atomic E-state index is 13.0. The molecule has 1 aliphatic heterocycles. The number of aromatic nitrogens is 2. The summed E-state index contributed by atoms with van der Waals surface area (Å²) in [6.07, 6.45) is -1.89. The van der Waals surface area contributed by atoms with Gasteiger partial charge in [0.2, 0.25) is 12.5 Å². The highest BCUT2D eigenvalue weighted by molar-refractivity contribution is 7.62. The molecule has 15 heteroatoms. The lowest BCUT2D eigenvalue weighted by molar-refractivity contribution is -0.132. The number of nitrogens with zero attached hydrogens (tertiary/aromatic N) is 3. The van der Waals surface area contributed by atoms with E-state index in [2.05, 4.69) is 19.8 Å². The molecule has 2 heterocycles. The molecule has 1 aliphatic rings. The second kappa shape index (κ2) is 15.5. The van der Waals surface area contributed by atoms with Crippen molar-refractivity contribution in [2.45, 2.75) is 78.2 Å². The molecule has 0 radical (unpaired) electrons. The van der Waals surface area contributed by atoms with E-state index in [1.54, 1.807) is 20.3 Å². The summed E-state index contributed by atoms with van der Waals surface area (Å²) in [7, 11) is -2.78. The second-order valence-corrected chi connectivity index (χ2v) is 16.2. The van der Waals surface area contributed by atoms with Crippen LogP contribution < -0.4 is 16.6 Å². The van der Waals surface area contributed by atoms with E-state index >= 15 is 0 Å². The number of rotatable bonds is 15. The topological polar surface area (TPSA) is 146 Å². The normalized spacial score (nSPS) is 22.7. The molecule has 1 aromatic heterocycles. The predicted molar refractivity (Wildman–Crippen MR) is 159 cm³/mol. The summed E-state index contributed by atoms with van der Waals surface area (Å²) in [5.41, 5.74) is -0.942. The van der Waals surface area contributed by atoms with Crippen molar-refractivity contribution in [3.8, 4) is 0 Å². The molecule has 0 aliphatic carbocycles. The first-order valence-corrected chi connectivity index (χ1v) is 17.6. The van der Waals surface area contributed by atoms with Crippen molar-refractivity contribution >= 4 is 21.6 Å². The van der Waals surface area contributed by atoms with Gasteiger partial charge in [0, 0.05) is 37.1 Å². The fourth-order valence-corrected chi connectivity index (χ4v) is 8.19. The Balaban J connectivity index is 2.67. The average molecular weight is 618 g/mol. The number of ether oxygens (including phenoxy) is 2. The van der Waals surface area contributed by atoms with Gasteiger partial charge in [-0.2, -0.15) is 0 Å². The quantitative estimate of drug-likeness (QED) is 0.172. The van der Waals surface area contributed by atoms with Crippen LogP contribution in [0.25, 0.3) is 4.85 Å². The van der Waals surface area contributed by atoms with Gasteiger partial charge in [0.15, 0.2) is 6.23 Å². The number of hydrogen-bond acceptors (Lipinski definition) is 9. The van der Waals surface area contributed by atoms with Crippen molar-refractivity contribution in [3.63, 3.8) is 0 Å². The molecule has 0 saturated carbocycles. The first kappa shape index (κ1) is 35.3. The third-order valence-electron chi connectivity index (χ3n) is 6.48. The molecule has 1 unspecified atom stereocenters. The molecule has 13 nitrogen and oxygen atoms in total. The minimum atomic E-state index is -2.50. The van der Waals surface area contributed by atoms with E-state index in [9.17, 15) is 18.9 Å². The summed E-state index contributed by atoms with van der Waals surface area (Å²) in [4.78, 5) is 43.0. The molecule has 2 N–H and O–H groups in total. The number of H-pyrrole nitrogens is 1. The average Bonchev–Trinajstić information content (AvgIpc) is 3.21. The summed E-state index contributed by atoms with van der Waals surface area (Å²) < 4.78 is 41.6. The minimum Gasteiger partial charge on any atom is -0.361 e. The van der Waals surface area contributed by atoms with Crippen molar-refractivity contribution in [2.24, 2.45) is 5.92 Å². The van der Waals surface area contributed by atoms with Crippen molar-refractivity contribution in [2.75, 3.05) is 46.3 Å². The Morgan fingerprint density at radius 2 is 1.88 bits per heavy atom. The van der Waals surface area contributed by atoms with E-state index in [0.29, 0.717) is 6.16 Å². The molecule has 0 bridgehead atoms. The van der Waals surface area contributed by atoms with Crippen LogP contribution in [0.15, 0.2) is 15.8 Å². The number of carbonyl (C=O) groups is 1. The predicted octanol–water partition coefficient (Wildman–Crippen LogP) is 2.80. The van der Waals surface area contributed by atoms with Crippen LogP contribution >= 0.6 is 15.7 Å². The fraction of sp³-hybridized carbons (Fsp3) is 0.769. The maximum Gasteiger partial charge on any atom is 0.330 e. The van der Waals surface area contributed by atoms with Gasteiger partial charge in [-0.25, -0.2) is 16.0 Å². The Kier molecular flexibility index (Phi) is 13.4. The van der Waals surface area contributed by atoms with Crippen molar-refractivity contribution in [1.82, 2.24) is 19.5 Å². The number of hydrogen-bond donors (Lipinski definition) is 2. The lowest BCUT2D eigenvalue weighted by Crippen LogP contribution is -2.44. The van der Waals surface area contributed by atoms with Gasteiger partial charge in [0.25, 0.3) is 14.1 Å². The molecule has 232 valence electrons. The van der Waals surface area contributed by atoms with Crippen LogP contribution in [0.3, 0.4) is 0 Å². The summed E-state index contributed by atoms with van der Waals surface area (Å²) in [5, 5.41) is 2.52. The van der Waals surface area contributed by atoms with E-state index in [-0.39, 0.29) is 43.3 Å². The van der Waals surface area contributed by atoms with Gasteiger partial charge in [-0.05, 0) is 53.9 Å². The largest absolute Gasteiger partial charge is 0.361 e. The molecule has 1 amide bonds. The molecule has 6 atom stereocenters. The molecule has 0 aromatic carbocycles. The lowest BCUT2D eigenvalue weighted by atomic mass is 10.00. The van der Waals surface area contributed by atoms with Gasteiger partial charge >= 0.3 is 5.69 Å². The van der Waals surface area contributed by atoms with E-state index in [1.165, 1.54) is 17.8 Å². The van der Waals surface area contributed by atoms with Crippen LogP contribution in [0.5, 0.6) is 0 Å². The standard InChI is InChI=1S/C26H45N5O8P2/c1-16(2)31(17(3)4)40(37-12-11-27-7)39-22-21(19(6)15-41(9,10)35)38-25(23(22)36-14-20(32)28-8)30-13-18(5)24(33)29-26(30)34/h13,16-17,19,21-23,25H,11-12,14-15H2,1-6,8-10H3,(H,28,32)(H,29,33,34)/t19-,21+,22+,23+,25+,40?/m0/s1. The third kappa shape index (κ3) is 9.82. The highest BCUT2D eigenvalue weighted by Crippen LogP contribution is 2.52. The first-order chi connectivity index (χ1) is 19.1. The summed E-state index contributed by atoms with van der Waals surface area (Å²) in [5.74, 6) is -0.694. The van der Waals surface area contributed by atoms with E-state index < -0.39 is 57.4 Å². The zero-order valence-electron chi connectivity index (χ0n) is 25.4. The van der Waals surface area contributed by atoms with Crippen LogP contribution in [-0.2, 0) is 27.9 Å². The maximum absolute atomic E-state index is 13.0.